The van der Waals surface area contributed by atoms with Gasteiger partial charge < -0.3 is 9.80 Å². The molecule has 0 spiro atoms. The molecule has 0 radical (unpaired) electrons. The molecule has 8 aromatic carbocycles. The predicted octanol–water partition coefficient (Wildman–Crippen LogP) is 13.3. The van der Waals surface area contributed by atoms with Crippen LogP contribution in [0.4, 0.5) is 34.1 Å². The summed E-state index contributed by atoms with van der Waals surface area (Å²) >= 11 is 1.87. The van der Waals surface area contributed by atoms with Crippen LogP contribution in [0.25, 0.3) is 41.7 Å². The fraction of sp³-hybridized carbons (Fsp3) is 0. The average Bonchev–Trinajstić information content (AvgIpc) is 3.53. The zero-order valence-electron chi connectivity index (χ0n) is 25.6. The molecular weight excluding hydrogens is 589 g/mol. The summed E-state index contributed by atoms with van der Waals surface area (Å²) in [5.41, 5.74) is 6.85. The summed E-state index contributed by atoms with van der Waals surface area (Å²) < 4.78 is 2.59. The fourth-order valence-electron chi connectivity index (χ4n) is 6.89. The van der Waals surface area contributed by atoms with E-state index in [-0.39, 0.29) is 0 Å². The van der Waals surface area contributed by atoms with Crippen molar-refractivity contribution in [1.82, 2.24) is 0 Å². The monoisotopic (exact) mass is 618 g/mol. The molecule has 222 valence electrons. The van der Waals surface area contributed by atoms with E-state index < -0.39 is 0 Å². The first kappa shape index (κ1) is 27.4. The second-order valence-electron chi connectivity index (χ2n) is 11.8. The van der Waals surface area contributed by atoms with Gasteiger partial charge in [0.2, 0.25) is 0 Å². The second-order valence-corrected chi connectivity index (χ2v) is 12.8. The Bertz CT molecular complexity index is 2480. The number of benzene rings is 8. The van der Waals surface area contributed by atoms with Gasteiger partial charge in [-0.3, -0.25) is 0 Å². The first-order chi connectivity index (χ1) is 23.3. The van der Waals surface area contributed by atoms with Crippen molar-refractivity contribution in [2.24, 2.45) is 0 Å². The van der Waals surface area contributed by atoms with Gasteiger partial charge in [0.25, 0.3) is 0 Å². The van der Waals surface area contributed by atoms with Crippen molar-refractivity contribution in [2.75, 3.05) is 9.80 Å². The summed E-state index contributed by atoms with van der Waals surface area (Å²) in [7, 11) is 0. The Balaban J connectivity index is 1.32. The highest BCUT2D eigenvalue weighted by Gasteiger charge is 2.21. The van der Waals surface area contributed by atoms with Gasteiger partial charge in [-0.1, -0.05) is 115 Å². The number of hydrogen-bond acceptors (Lipinski definition) is 3. The summed E-state index contributed by atoms with van der Waals surface area (Å²) in [6, 6.07) is 65.6. The number of nitrogens with zero attached hydrogens (tertiary/aromatic N) is 2. The molecule has 0 aliphatic heterocycles. The van der Waals surface area contributed by atoms with Gasteiger partial charge in [0.15, 0.2) is 0 Å². The minimum atomic E-state index is 1.13. The lowest BCUT2D eigenvalue weighted by Crippen LogP contribution is -2.11. The number of fused-ring (bicyclic) bond motifs is 6. The largest absolute Gasteiger partial charge is 0.310 e. The lowest BCUT2D eigenvalue weighted by Gasteiger charge is -2.29. The van der Waals surface area contributed by atoms with Crippen LogP contribution in [-0.2, 0) is 0 Å². The highest BCUT2D eigenvalue weighted by Crippen LogP contribution is 2.47. The van der Waals surface area contributed by atoms with E-state index in [9.17, 15) is 0 Å². The average molecular weight is 619 g/mol. The van der Waals surface area contributed by atoms with Gasteiger partial charge >= 0.3 is 0 Å². The van der Waals surface area contributed by atoms with Gasteiger partial charge in [0.1, 0.15) is 0 Å². The number of hydrogen-bond donors (Lipinski definition) is 0. The Morgan fingerprint density at radius 3 is 1.55 bits per heavy atom. The smallest absolute Gasteiger partial charge is 0.0640 e. The Hall–Kier alpha value is -5.90. The Labute approximate surface area is 278 Å². The first-order valence-corrected chi connectivity index (χ1v) is 16.8. The third kappa shape index (κ3) is 4.72. The molecular formula is C44H30N2S. The predicted molar refractivity (Wildman–Crippen MR) is 204 cm³/mol. The van der Waals surface area contributed by atoms with Crippen LogP contribution >= 0.6 is 11.3 Å². The van der Waals surface area contributed by atoms with Crippen molar-refractivity contribution in [2.45, 2.75) is 0 Å². The minimum Gasteiger partial charge on any atom is -0.310 e. The third-order valence-electron chi connectivity index (χ3n) is 8.99. The van der Waals surface area contributed by atoms with E-state index in [1.807, 2.05) is 11.3 Å². The number of thiophene rings is 1. The minimum absolute atomic E-state index is 1.13. The molecule has 0 bridgehead atoms. The maximum atomic E-state index is 2.42. The van der Waals surface area contributed by atoms with Crippen molar-refractivity contribution in [3.8, 4) is 0 Å². The highest BCUT2D eigenvalue weighted by molar-refractivity contribution is 7.26. The quantitative estimate of drug-likeness (QED) is 0.171. The van der Waals surface area contributed by atoms with Crippen molar-refractivity contribution >= 4 is 87.2 Å². The van der Waals surface area contributed by atoms with Crippen LogP contribution in [0.2, 0.25) is 0 Å². The van der Waals surface area contributed by atoms with Gasteiger partial charge in [-0.05, 0) is 82.9 Å². The molecule has 1 aromatic heterocycles. The highest BCUT2D eigenvalue weighted by atomic mass is 32.1. The summed E-state index contributed by atoms with van der Waals surface area (Å²) in [5.74, 6) is 0. The normalized spacial score (nSPS) is 11.4. The van der Waals surface area contributed by atoms with E-state index in [4.69, 9.17) is 0 Å². The van der Waals surface area contributed by atoms with E-state index in [1.165, 1.54) is 47.4 Å². The molecule has 0 saturated heterocycles. The maximum Gasteiger partial charge on any atom is 0.0640 e. The van der Waals surface area contributed by atoms with Crippen molar-refractivity contribution in [1.29, 1.82) is 0 Å². The zero-order chi connectivity index (χ0) is 31.2. The topological polar surface area (TPSA) is 6.48 Å². The van der Waals surface area contributed by atoms with Gasteiger partial charge in [-0.2, -0.15) is 0 Å². The molecule has 9 rings (SSSR count). The van der Waals surface area contributed by atoms with Crippen LogP contribution in [0, 0.1) is 0 Å². The van der Waals surface area contributed by atoms with E-state index in [0.717, 1.165) is 28.4 Å². The van der Waals surface area contributed by atoms with Crippen LogP contribution in [0.5, 0.6) is 0 Å². The van der Waals surface area contributed by atoms with E-state index in [0.29, 0.717) is 0 Å². The summed E-state index contributed by atoms with van der Waals surface area (Å²) in [5, 5.41) is 7.46. The fourth-order valence-corrected chi connectivity index (χ4v) is 8.10. The van der Waals surface area contributed by atoms with E-state index in [1.54, 1.807) is 0 Å². The van der Waals surface area contributed by atoms with Crippen LogP contribution in [0.3, 0.4) is 0 Å². The lowest BCUT2D eigenvalue weighted by atomic mass is 9.98. The standard InChI is InChI=1S/C44H30N2S/c1-4-16-32(17-5-1)45(33-18-6-2-7-19-33)42-29-31-15-10-11-22-36(31)40-30-35(27-28-37(40)42)46(34-20-8-3-9-21-34)41-25-14-24-39-38-23-12-13-26-43(38)47-44(39)41/h1-30H. The van der Waals surface area contributed by atoms with E-state index in [2.05, 4.69) is 192 Å². The van der Waals surface area contributed by atoms with Crippen LogP contribution in [-0.4, -0.2) is 0 Å². The van der Waals surface area contributed by atoms with Crippen molar-refractivity contribution in [3.05, 3.63) is 182 Å². The van der Waals surface area contributed by atoms with Gasteiger partial charge in [-0.25, -0.2) is 0 Å². The zero-order valence-corrected chi connectivity index (χ0v) is 26.4. The third-order valence-corrected chi connectivity index (χ3v) is 10.2. The van der Waals surface area contributed by atoms with Crippen LogP contribution in [0.15, 0.2) is 182 Å². The SMILES string of the molecule is c1ccc(N(c2ccccc2)c2cc3ccccc3c3cc(N(c4ccccc4)c4cccc5c4sc4ccccc45)ccc23)cc1. The van der Waals surface area contributed by atoms with Crippen molar-refractivity contribution in [3.63, 3.8) is 0 Å². The number of anilines is 6. The molecule has 3 heteroatoms. The Morgan fingerprint density at radius 2 is 0.872 bits per heavy atom. The lowest BCUT2D eigenvalue weighted by molar-refractivity contribution is 1.29. The molecule has 0 atom stereocenters. The van der Waals surface area contributed by atoms with Gasteiger partial charge in [0, 0.05) is 43.6 Å². The summed E-state index contributed by atoms with van der Waals surface area (Å²) in [6.07, 6.45) is 0. The van der Waals surface area contributed by atoms with Crippen LogP contribution < -0.4 is 9.80 Å². The molecule has 1 heterocycles. The number of para-hydroxylation sites is 3. The maximum absolute atomic E-state index is 2.42. The summed E-state index contributed by atoms with van der Waals surface area (Å²) in [4.78, 5) is 4.80. The Morgan fingerprint density at radius 1 is 0.319 bits per heavy atom. The molecule has 0 aliphatic rings. The molecule has 9 aromatic rings. The summed E-state index contributed by atoms with van der Waals surface area (Å²) in [6.45, 7) is 0. The molecule has 0 amide bonds. The van der Waals surface area contributed by atoms with E-state index >= 15 is 0 Å². The van der Waals surface area contributed by atoms with Gasteiger partial charge in [0.05, 0.1) is 16.1 Å². The molecule has 0 saturated carbocycles. The molecule has 0 N–H and O–H groups in total. The molecule has 0 unspecified atom stereocenters. The molecule has 47 heavy (non-hydrogen) atoms. The van der Waals surface area contributed by atoms with Gasteiger partial charge in [-0.15, -0.1) is 11.3 Å². The Kier molecular flexibility index (Phi) is 6.69. The molecule has 0 fully saturated rings. The molecule has 0 aliphatic carbocycles. The number of rotatable bonds is 6. The second kappa shape index (κ2) is 11.5. The first-order valence-electron chi connectivity index (χ1n) is 15.9. The van der Waals surface area contributed by atoms with Crippen LogP contribution in [0.1, 0.15) is 0 Å². The molecule has 2 nitrogen and oxygen atoms in total. The van der Waals surface area contributed by atoms with Crippen molar-refractivity contribution < 1.29 is 0 Å².